The Labute approximate surface area is 176 Å². The fraction of sp³-hybridized carbons (Fsp3) is 0.391. The monoisotopic (exact) mass is 411 g/mol. The van der Waals surface area contributed by atoms with E-state index in [0.29, 0.717) is 18.0 Å². The molecule has 29 heavy (non-hydrogen) atoms. The van der Waals surface area contributed by atoms with Gasteiger partial charge in [-0.3, -0.25) is 9.69 Å². The summed E-state index contributed by atoms with van der Waals surface area (Å²) < 4.78 is 5.36. The minimum absolute atomic E-state index is 0.0229. The van der Waals surface area contributed by atoms with Crippen LogP contribution in [0.25, 0.3) is 0 Å². The first-order valence-corrected chi connectivity index (χ1v) is 10.5. The van der Waals surface area contributed by atoms with E-state index in [-0.39, 0.29) is 11.9 Å². The number of ether oxygens (including phenoxy) is 1. The second-order valence-corrected chi connectivity index (χ2v) is 8.00. The number of carbonyl (C=O) groups excluding carboxylic acids is 1. The van der Waals surface area contributed by atoms with E-state index in [1.807, 2.05) is 48.5 Å². The van der Waals surface area contributed by atoms with Crippen LogP contribution in [0.15, 0.2) is 53.6 Å². The lowest BCUT2D eigenvalue weighted by atomic mass is 9.98. The van der Waals surface area contributed by atoms with Crippen LogP contribution in [-0.2, 0) is 4.79 Å². The van der Waals surface area contributed by atoms with Gasteiger partial charge in [0.25, 0.3) is 5.91 Å². The Bertz CT molecular complexity index is 909. The van der Waals surface area contributed by atoms with Crippen molar-refractivity contribution in [1.82, 2.24) is 9.91 Å². The smallest absolute Gasteiger partial charge is 0.257 e. The highest BCUT2D eigenvalue weighted by Crippen LogP contribution is 2.36. The molecule has 0 aromatic heterocycles. The highest BCUT2D eigenvalue weighted by Gasteiger charge is 2.34. The largest absolute Gasteiger partial charge is 0.497 e. The van der Waals surface area contributed by atoms with Gasteiger partial charge in [-0.15, -0.1) is 0 Å². The molecule has 2 aliphatic heterocycles. The fourth-order valence-corrected chi connectivity index (χ4v) is 4.35. The number of benzene rings is 2. The molecule has 5 nitrogen and oxygen atoms in total. The molecule has 0 bridgehead atoms. The number of nitrogens with zero attached hydrogens (tertiary/aromatic N) is 3. The van der Waals surface area contributed by atoms with Gasteiger partial charge in [0.05, 0.1) is 25.4 Å². The topological polar surface area (TPSA) is 45.1 Å². The molecule has 0 N–H and O–H groups in total. The van der Waals surface area contributed by atoms with E-state index in [0.717, 1.165) is 48.5 Å². The maximum absolute atomic E-state index is 13.2. The Balaban J connectivity index is 1.63. The van der Waals surface area contributed by atoms with Gasteiger partial charge in [-0.1, -0.05) is 48.4 Å². The van der Waals surface area contributed by atoms with Crippen LogP contribution in [0.5, 0.6) is 5.75 Å². The van der Waals surface area contributed by atoms with Crippen molar-refractivity contribution in [2.45, 2.75) is 31.7 Å². The van der Waals surface area contributed by atoms with Crippen LogP contribution in [-0.4, -0.2) is 48.3 Å². The van der Waals surface area contributed by atoms with Crippen LogP contribution in [0.4, 0.5) is 0 Å². The third kappa shape index (κ3) is 4.46. The Morgan fingerprint density at radius 2 is 1.93 bits per heavy atom. The average Bonchev–Trinajstić information content (AvgIpc) is 3.20. The number of halogens is 1. The molecule has 1 atom stereocenters. The third-order valence-electron chi connectivity index (χ3n) is 5.64. The molecule has 2 aliphatic rings. The van der Waals surface area contributed by atoms with Gasteiger partial charge in [0.15, 0.2) is 0 Å². The van der Waals surface area contributed by atoms with E-state index in [2.05, 4.69) is 4.90 Å². The van der Waals surface area contributed by atoms with Crippen molar-refractivity contribution in [2.24, 2.45) is 5.10 Å². The van der Waals surface area contributed by atoms with Gasteiger partial charge in [0.2, 0.25) is 0 Å². The highest BCUT2D eigenvalue weighted by molar-refractivity contribution is 6.31. The molecule has 2 aromatic carbocycles. The van der Waals surface area contributed by atoms with E-state index in [1.54, 1.807) is 12.1 Å². The maximum atomic E-state index is 13.2. The molecule has 6 heteroatoms. The number of likely N-dealkylation sites (tertiary alicyclic amines) is 1. The van der Waals surface area contributed by atoms with Gasteiger partial charge in [-0.2, -0.15) is 5.10 Å². The number of rotatable bonds is 5. The van der Waals surface area contributed by atoms with Crippen molar-refractivity contribution >= 4 is 23.2 Å². The van der Waals surface area contributed by atoms with Crippen LogP contribution in [0.1, 0.15) is 42.9 Å². The van der Waals surface area contributed by atoms with Crippen LogP contribution >= 0.6 is 11.6 Å². The quantitative estimate of drug-likeness (QED) is 0.727. The van der Waals surface area contributed by atoms with Crippen molar-refractivity contribution in [3.63, 3.8) is 0 Å². The molecule has 0 spiro atoms. The predicted molar refractivity (Wildman–Crippen MR) is 115 cm³/mol. The molecule has 0 aliphatic carbocycles. The summed E-state index contributed by atoms with van der Waals surface area (Å²) in [4.78, 5) is 15.4. The standard InChI is InChI=1S/C23H26ClN3O2/c1-29-18-9-7-8-17(14-18)21-15-22(19-10-3-4-11-20(19)24)27(25-21)23(28)16-26-12-5-2-6-13-26/h3-4,7-11,14,22H,2,5-6,12-13,15-16H2,1H3. The molecule has 1 fully saturated rings. The summed E-state index contributed by atoms with van der Waals surface area (Å²) in [6.07, 6.45) is 4.18. The molecule has 2 aromatic rings. The van der Waals surface area contributed by atoms with Crippen molar-refractivity contribution in [2.75, 3.05) is 26.7 Å². The first-order chi connectivity index (χ1) is 14.2. The van der Waals surface area contributed by atoms with Crippen LogP contribution < -0.4 is 4.74 Å². The molecular formula is C23H26ClN3O2. The number of carbonyl (C=O) groups is 1. The van der Waals surface area contributed by atoms with E-state index in [4.69, 9.17) is 21.4 Å². The lowest BCUT2D eigenvalue weighted by molar-refractivity contribution is -0.134. The maximum Gasteiger partial charge on any atom is 0.257 e. The van der Waals surface area contributed by atoms with E-state index >= 15 is 0 Å². The zero-order valence-electron chi connectivity index (χ0n) is 16.7. The fourth-order valence-electron chi connectivity index (χ4n) is 4.09. The second-order valence-electron chi connectivity index (χ2n) is 7.60. The summed E-state index contributed by atoms with van der Waals surface area (Å²) in [5.74, 6) is 0.798. The lowest BCUT2D eigenvalue weighted by Gasteiger charge is -2.29. The van der Waals surface area contributed by atoms with Gasteiger partial charge in [-0.25, -0.2) is 5.01 Å². The second kappa shape index (κ2) is 8.97. The van der Waals surface area contributed by atoms with E-state index < -0.39 is 0 Å². The first-order valence-electron chi connectivity index (χ1n) is 10.2. The molecule has 4 rings (SSSR count). The molecule has 1 unspecified atom stereocenters. The van der Waals surface area contributed by atoms with E-state index in [9.17, 15) is 4.79 Å². The Morgan fingerprint density at radius 3 is 2.69 bits per heavy atom. The molecule has 0 radical (unpaired) electrons. The number of amides is 1. The Hall–Kier alpha value is -2.37. The summed E-state index contributed by atoms with van der Waals surface area (Å²) in [5.41, 5.74) is 2.78. The number of hydrogen-bond donors (Lipinski definition) is 0. The summed E-state index contributed by atoms with van der Waals surface area (Å²) in [7, 11) is 1.65. The molecular weight excluding hydrogens is 386 g/mol. The molecule has 2 heterocycles. The van der Waals surface area contributed by atoms with E-state index in [1.165, 1.54) is 6.42 Å². The number of methoxy groups -OCH3 is 1. The van der Waals surface area contributed by atoms with Crippen molar-refractivity contribution in [3.05, 3.63) is 64.7 Å². The zero-order valence-corrected chi connectivity index (χ0v) is 17.4. The van der Waals surface area contributed by atoms with Gasteiger partial charge in [0, 0.05) is 17.0 Å². The number of piperidine rings is 1. The molecule has 0 saturated carbocycles. The third-order valence-corrected chi connectivity index (χ3v) is 5.98. The van der Waals surface area contributed by atoms with Crippen LogP contribution in [0, 0.1) is 0 Å². The number of hydrogen-bond acceptors (Lipinski definition) is 4. The minimum Gasteiger partial charge on any atom is -0.497 e. The van der Waals surface area contributed by atoms with Gasteiger partial charge in [-0.05, 0) is 49.7 Å². The van der Waals surface area contributed by atoms with Gasteiger partial charge < -0.3 is 4.74 Å². The highest BCUT2D eigenvalue weighted by atomic mass is 35.5. The van der Waals surface area contributed by atoms with Crippen molar-refractivity contribution in [1.29, 1.82) is 0 Å². The van der Waals surface area contributed by atoms with Crippen molar-refractivity contribution < 1.29 is 9.53 Å². The SMILES string of the molecule is COc1cccc(C2=NN(C(=O)CN3CCCCC3)C(c3ccccc3Cl)C2)c1. The number of hydrazone groups is 1. The van der Waals surface area contributed by atoms with Crippen molar-refractivity contribution in [3.8, 4) is 5.75 Å². The molecule has 1 saturated heterocycles. The van der Waals surface area contributed by atoms with Gasteiger partial charge in [0.1, 0.15) is 5.75 Å². The molecule has 152 valence electrons. The van der Waals surface area contributed by atoms with Crippen LogP contribution in [0.3, 0.4) is 0 Å². The summed E-state index contributed by atoms with van der Waals surface area (Å²) in [6.45, 7) is 2.35. The lowest BCUT2D eigenvalue weighted by Crippen LogP contribution is -2.40. The Morgan fingerprint density at radius 1 is 1.14 bits per heavy atom. The Kier molecular flexibility index (Phi) is 6.16. The molecule has 1 amide bonds. The average molecular weight is 412 g/mol. The zero-order chi connectivity index (χ0) is 20.2. The summed E-state index contributed by atoms with van der Waals surface area (Å²) >= 11 is 6.49. The summed E-state index contributed by atoms with van der Waals surface area (Å²) in [5, 5.41) is 7.06. The van der Waals surface area contributed by atoms with Crippen LogP contribution in [0.2, 0.25) is 5.02 Å². The minimum atomic E-state index is -0.192. The first kappa shape index (κ1) is 19.9. The van der Waals surface area contributed by atoms with Gasteiger partial charge >= 0.3 is 0 Å². The predicted octanol–water partition coefficient (Wildman–Crippen LogP) is 4.51. The summed E-state index contributed by atoms with van der Waals surface area (Å²) in [6, 6.07) is 15.3. The normalized spacial score (nSPS) is 19.9.